The molecule has 1 aliphatic heterocycles. The number of piperazine rings is 1. The Morgan fingerprint density at radius 2 is 2.10 bits per heavy atom. The van der Waals surface area contributed by atoms with Gasteiger partial charge in [-0.25, -0.2) is 13.4 Å². The van der Waals surface area contributed by atoms with Gasteiger partial charge in [0, 0.05) is 25.8 Å². The van der Waals surface area contributed by atoms with Crippen LogP contribution in [0.15, 0.2) is 11.2 Å². The van der Waals surface area contributed by atoms with Crippen molar-refractivity contribution in [2.45, 2.75) is 44.8 Å². The van der Waals surface area contributed by atoms with Crippen molar-refractivity contribution in [3.63, 3.8) is 0 Å². The topological polar surface area (TPSA) is 84.3 Å². The van der Waals surface area contributed by atoms with Crippen LogP contribution in [0.25, 0.3) is 0 Å². The molecular formula is C12H20N4O3S. The van der Waals surface area contributed by atoms with Crippen molar-refractivity contribution in [2.75, 3.05) is 13.1 Å². The van der Waals surface area contributed by atoms with Crippen molar-refractivity contribution in [3.05, 3.63) is 12.0 Å². The average Bonchev–Trinajstić information content (AvgIpc) is 2.74. The molecule has 0 bridgehead atoms. The highest BCUT2D eigenvalue weighted by Gasteiger charge is 2.45. The summed E-state index contributed by atoms with van der Waals surface area (Å²) in [5.74, 6) is 0.351. The molecule has 0 radical (unpaired) electrons. The molecule has 1 amide bonds. The number of carbonyl (C=O) groups is 1. The van der Waals surface area contributed by atoms with Crippen molar-refractivity contribution in [3.8, 4) is 0 Å². The van der Waals surface area contributed by atoms with Gasteiger partial charge in [-0.2, -0.15) is 4.31 Å². The van der Waals surface area contributed by atoms with Crippen molar-refractivity contribution < 1.29 is 13.2 Å². The fourth-order valence-corrected chi connectivity index (χ4v) is 4.09. The number of nitrogens with zero attached hydrogens (tertiary/aromatic N) is 3. The summed E-state index contributed by atoms with van der Waals surface area (Å²) in [5.41, 5.74) is -1.11. The Morgan fingerprint density at radius 1 is 1.45 bits per heavy atom. The first-order valence-electron chi connectivity index (χ1n) is 6.56. The van der Waals surface area contributed by atoms with Crippen molar-refractivity contribution in [1.82, 2.24) is 19.2 Å². The number of aryl methyl sites for hydroxylation is 2. The Bertz CT molecular complexity index is 633. The third-order valence-electron chi connectivity index (χ3n) is 3.63. The monoisotopic (exact) mass is 300 g/mol. The van der Waals surface area contributed by atoms with Crippen LogP contribution < -0.4 is 5.32 Å². The third-order valence-corrected chi connectivity index (χ3v) is 5.57. The van der Waals surface area contributed by atoms with Gasteiger partial charge in [0.2, 0.25) is 5.91 Å². The fraction of sp³-hybridized carbons (Fsp3) is 0.667. The molecule has 0 saturated carbocycles. The first-order valence-corrected chi connectivity index (χ1v) is 8.00. The van der Waals surface area contributed by atoms with Gasteiger partial charge in [-0.05, 0) is 27.7 Å². The number of hydrogen-bond acceptors (Lipinski definition) is 4. The number of imidazole rings is 1. The molecule has 0 unspecified atom stereocenters. The lowest BCUT2D eigenvalue weighted by Gasteiger charge is -2.39. The first kappa shape index (κ1) is 15.0. The zero-order valence-corrected chi connectivity index (χ0v) is 13.0. The summed E-state index contributed by atoms with van der Waals surface area (Å²) in [4.78, 5) is 16.0. The van der Waals surface area contributed by atoms with Crippen LogP contribution in [0, 0.1) is 6.92 Å². The number of nitrogens with one attached hydrogen (secondary N) is 1. The van der Waals surface area contributed by atoms with Gasteiger partial charge >= 0.3 is 0 Å². The van der Waals surface area contributed by atoms with Gasteiger partial charge in [0.05, 0.1) is 0 Å². The van der Waals surface area contributed by atoms with E-state index in [1.165, 1.54) is 10.5 Å². The molecule has 0 atom stereocenters. The van der Waals surface area contributed by atoms with E-state index in [0.717, 1.165) is 0 Å². The van der Waals surface area contributed by atoms with Crippen molar-refractivity contribution >= 4 is 15.9 Å². The summed E-state index contributed by atoms with van der Waals surface area (Å²) in [5, 5.41) is 2.68. The van der Waals surface area contributed by atoms with E-state index in [0.29, 0.717) is 18.9 Å². The van der Waals surface area contributed by atoms with Gasteiger partial charge in [0.25, 0.3) is 10.0 Å². The predicted octanol–water partition coefficient (Wildman–Crippen LogP) is 0.111. The normalized spacial score (nSPS) is 19.9. The van der Waals surface area contributed by atoms with E-state index in [2.05, 4.69) is 10.3 Å². The Hall–Kier alpha value is -1.41. The largest absolute Gasteiger partial charge is 0.353 e. The lowest BCUT2D eigenvalue weighted by molar-refractivity contribution is -0.131. The minimum Gasteiger partial charge on any atom is -0.353 e. The summed E-state index contributed by atoms with van der Waals surface area (Å²) in [6.45, 7) is 8.09. The Labute approximate surface area is 119 Å². The molecule has 7 nitrogen and oxygen atoms in total. The zero-order chi connectivity index (χ0) is 15.1. The smallest absolute Gasteiger partial charge is 0.263 e. The first-order chi connectivity index (χ1) is 9.21. The molecule has 1 aromatic rings. The van der Waals surface area contributed by atoms with Gasteiger partial charge in [-0.15, -0.1) is 0 Å². The molecule has 0 aliphatic carbocycles. The number of hydrogen-bond donors (Lipinski definition) is 1. The number of carbonyl (C=O) groups excluding carboxylic acids is 1. The molecule has 1 aromatic heterocycles. The number of rotatable bonds is 3. The Kier molecular flexibility index (Phi) is 3.64. The Balaban J connectivity index is 2.46. The lowest BCUT2D eigenvalue weighted by atomic mass is 10.0. The van der Waals surface area contributed by atoms with Crippen LogP contribution >= 0.6 is 0 Å². The third kappa shape index (κ3) is 2.22. The van der Waals surface area contributed by atoms with E-state index >= 15 is 0 Å². The predicted molar refractivity (Wildman–Crippen MR) is 73.6 cm³/mol. The molecule has 2 rings (SSSR count). The molecule has 112 valence electrons. The van der Waals surface area contributed by atoms with E-state index in [9.17, 15) is 13.2 Å². The maximum Gasteiger partial charge on any atom is 0.263 e. The molecule has 1 N–H and O–H groups in total. The van der Waals surface area contributed by atoms with E-state index in [-0.39, 0.29) is 17.5 Å². The molecule has 8 heteroatoms. The average molecular weight is 300 g/mol. The molecule has 2 heterocycles. The van der Waals surface area contributed by atoms with Crippen molar-refractivity contribution in [2.24, 2.45) is 0 Å². The summed E-state index contributed by atoms with van der Waals surface area (Å²) >= 11 is 0. The van der Waals surface area contributed by atoms with Crippen LogP contribution in [-0.2, 0) is 21.4 Å². The molecule has 1 fully saturated rings. The van der Waals surface area contributed by atoms with E-state index in [1.807, 2.05) is 6.92 Å². The molecule has 20 heavy (non-hydrogen) atoms. The van der Waals surface area contributed by atoms with E-state index in [1.54, 1.807) is 25.3 Å². The SMILES string of the molecule is CCn1cc(S(=O)(=O)N2CCNC(=O)C2(C)C)nc1C. The molecule has 1 saturated heterocycles. The number of sulfonamides is 1. The minimum atomic E-state index is -3.77. The van der Waals surface area contributed by atoms with Gasteiger partial charge < -0.3 is 9.88 Å². The van der Waals surface area contributed by atoms with Crippen LogP contribution in [0.3, 0.4) is 0 Å². The highest BCUT2D eigenvalue weighted by atomic mass is 32.2. The van der Waals surface area contributed by atoms with Crippen molar-refractivity contribution in [1.29, 1.82) is 0 Å². The zero-order valence-electron chi connectivity index (χ0n) is 12.2. The molecule has 0 aromatic carbocycles. The van der Waals surface area contributed by atoms with Crippen LogP contribution in [-0.4, -0.2) is 46.8 Å². The van der Waals surface area contributed by atoms with Crippen LogP contribution in [0.4, 0.5) is 0 Å². The second-order valence-electron chi connectivity index (χ2n) is 5.30. The number of aromatic nitrogens is 2. The van der Waals surface area contributed by atoms with Crippen LogP contribution in [0.2, 0.25) is 0 Å². The van der Waals surface area contributed by atoms with Crippen LogP contribution in [0.5, 0.6) is 0 Å². The standard InChI is InChI=1S/C12H20N4O3S/c1-5-15-8-10(14-9(15)2)20(18,19)16-7-6-13-11(17)12(16,3)4/h8H,5-7H2,1-4H3,(H,13,17). The van der Waals surface area contributed by atoms with E-state index in [4.69, 9.17) is 0 Å². The van der Waals surface area contributed by atoms with Gasteiger partial charge in [0.1, 0.15) is 11.4 Å². The van der Waals surface area contributed by atoms with Gasteiger partial charge in [0.15, 0.2) is 5.03 Å². The molecule has 1 aliphatic rings. The fourth-order valence-electron chi connectivity index (χ4n) is 2.34. The summed E-state index contributed by atoms with van der Waals surface area (Å²) in [6, 6.07) is 0. The Morgan fingerprint density at radius 3 is 2.65 bits per heavy atom. The lowest BCUT2D eigenvalue weighted by Crippen LogP contribution is -2.63. The van der Waals surface area contributed by atoms with E-state index < -0.39 is 15.6 Å². The second kappa shape index (κ2) is 4.85. The summed E-state index contributed by atoms with van der Waals surface area (Å²) in [6.07, 6.45) is 1.52. The quantitative estimate of drug-likeness (QED) is 0.858. The van der Waals surface area contributed by atoms with Gasteiger partial charge in [-0.3, -0.25) is 4.79 Å². The minimum absolute atomic E-state index is 0.000347. The van der Waals surface area contributed by atoms with Crippen LogP contribution in [0.1, 0.15) is 26.6 Å². The highest BCUT2D eigenvalue weighted by Crippen LogP contribution is 2.26. The van der Waals surface area contributed by atoms with Gasteiger partial charge in [-0.1, -0.05) is 0 Å². The maximum atomic E-state index is 12.7. The summed E-state index contributed by atoms with van der Waals surface area (Å²) in [7, 11) is -3.77. The molecular weight excluding hydrogens is 280 g/mol. The highest BCUT2D eigenvalue weighted by molar-refractivity contribution is 7.89. The number of amides is 1. The second-order valence-corrected chi connectivity index (χ2v) is 7.11. The summed E-state index contributed by atoms with van der Waals surface area (Å²) < 4.78 is 28.4. The molecule has 0 spiro atoms. The maximum absolute atomic E-state index is 12.7.